The van der Waals surface area contributed by atoms with Gasteiger partial charge in [-0.05, 0) is 24.6 Å². The van der Waals surface area contributed by atoms with Gasteiger partial charge in [0.15, 0.2) is 0 Å². The Morgan fingerprint density at radius 3 is 2.86 bits per heavy atom. The van der Waals surface area contributed by atoms with Gasteiger partial charge in [0.2, 0.25) is 0 Å². The van der Waals surface area contributed by atoms with E-state index >= 15 is 0 Å². The molecule has 1 rings (SSSR count). The number of nitrogens with two attached hydrogens (primary N) is 1. The second kappa shape index (κ2) is 4.30. The highest BCUT2D eigenvalue weighted by Crippen LogP contribution is 2.16. The molecule has 3 heteroatoms. The number of nitrogen functional groups attached to an aromatic ring is 1. The van der Waals surface area contributed by atoms with Crippen molar-refractivity contribution in [2.24, 2.45) is 0 Å². The van der Waals surface area contributed by atoms with E-state index in [4.69, 9.17) is 11.0 Å². The first kappa shape index (κ1) is 10.1. The van der Waals surface area contributed by atoms with Crippen molar-refractivity contribution in [3.63, 3.8) is 0 Å². The molecule has 0 amide bonds. The highest BCUT2D eigenvalue weighted by atomic mass is 19.1. The molecule has 0 bridgehead atoms. The molecule has 0 aliphatic heterocycles. The topological polar surface area (TPSA) is 49.8 Å². The van der Waals surface area contributed by atoms with Crippen LogP contribution in [0.2, 0.25) is 0 Å². The number of nitrogens with zero attached hydrogens (tertiary/aromatic N) is 1. The fraction of sp³-hybridized carbons (Fsp3) is 0.182. The van der Waals surface area contributed by atoms with Crippen molar-refractivity contribution < 1.29 is 4.39 Å². The van der Waals surface area contributed by atoms with Gasteiger partial charge in [-0.3, -0.25) is 0 Å². The number of halogens is 1. The first-order valence-corrected chi connectivity index (χ1v) is 4.06. The zero-order chi connectivity index (χ0) is 10.6. The predicted molar refractivity (Wildman–Crippen MR) is 52.7 cm³/mol. The first-order valence-electron chi connectivity index (χ1n) is 4.06. The normalized spacial score (nSPS) is 8.64. The van der Waals surface area contributed by atoms with E-state index in [1.54, 1.807) is 6.92 Å². The van der Waals surface area contributed by atoms with Crippen molar-refractivity contribution in [2.45, 2.75) is 13.3 Å². The molecule has 0 unspecified atom stereocenters. The molecular formula is C11H9FN2. The van der Waals surface area contributed by atoms with Crippen LogP contribution in [0, 0.1) is 35.9 Å². The lowest BCUT2D eigenvalue weighted by molar-refractivity contribution is 0.623. The lowest BCUT2D eigenvalue weighted by Crippen LogP contribution is -1.93. The van der Waals surface area contributed by atoms with Crippen LogP contribution in [0.5, 0.6) is 0 Å². The van der Waals surface area contributed by atoms with Crippen LogP contribution in [0.25, 0.3) is 0 Å². The molecule has 14 heavy (non-hydrogen) atoms. The number of anilines is 1. The molecule has 2 nitrogen and oxygen atoms in total. The maximum absolute atomic E-state index is 13.2. The van der Waals surface area contributed by atoms with Crippen LogP contribution in [0.4, 0.5) is 10.1 Å². The minimum absolute atomic E-state index is 0.0905. The summed E-state index contributed by atoms with van der Waals surface area (Å²) in [6.45, 7) is 1.73. The summed E-state index contributed by atoms with van der Waals surface area (Å²) in [7, 11) is 0. The van der Waals surface area contributed by atoms with Crippen LogP contribution in [-0.4, -0.2) is 0 Å². The number of benzene rings is 1. The van der Waals surface area contributed by atoms with Crippen molar-refractivity contribution in [2.75, 3.05) is 5.73 Å². The van der Waals surface area contributed by atoms with Crippen LogP contribution in [0.15, 0.2) is 12.1 Å². The summed E-state index contributed by atoms with van der Waals surface area (Å²) in [6, 6.07) is 4.68. The molecule has 0 heterocycles. The van der Waals surface area contributed by atoms with Gasteiger partial charge < -0.3 is 5.73 Å². The number of nitriles is 1. The SMILES string of the molecule is Cc1cc(F)c(C#CCC#N)cc1N. The summed E-state index contributed by atoms with van der Waals surface area (Å²) in [6.07, 6.45) is 0.0905. The maximum Gasteiger partial charge on any atom is 0.139 e. The molecule has 0 saturated heterocycles. The maximum atomic E-state index is 13.2. The third-order valence-corrected chi connectivity index (χ3v) is 1.75. The van der Waals surface area contributed by atoms with E-state index in [0.29, 0.717) is 11.3 Å². The fourth-order valence-corrected chi connectivity index (χ4v) is 0.964. The largest absolute Gasteiger partial charge is 0.398 e. The molecule has 0 aliphatic rings. The highest BCUT2D eigenvalue weighted by Gasteiger charge is 2.02. The van der Waals surface area contributed by atoms with Crippen molar-refractivity contribution in [3.05, 3.63) is 29.1 Å². The van der Waals surface area contributed by atoms with Crippen LogP contribution >= 0.6 is 0 Å². The molecule has 1 aromatic carbocycles. The Bertz CT molecular complexity index is 447. The standard InChI is InChI=1S/C11H9FN2/c1-8-6-10(12)9(7-11(8)14)4-2-3-5-13/h6-7H,3,14H2,1H3. The summed E-state index contributed by atoms with van der Waals surface area (Å²) in [4.78, 5) is 0. The van der Waals surface area contributed by atoms with Crippen molar-refractivity contribution in [1.29, 1.82) is 5.26 Å². The van der Waals surface area contributed by atoms with Gasteiger partial charge in [0.25, 0.3) is 0 Å². The van der Waals surface area contributed by atoms with Gasteiger partial charge in [-0.15, -0.1) is 0 Å². The Kier molecular flexibility index (Phi) is 3.09. The second-order valence-electron chi connectivity index (χ2n) is 2.83. The third kappa shape index (κ3) is 2.24. The van der Waals surface area contributed by atoms with Crippen LogP contribution < -0.4 is 5.73 Å². The minimum atomic E-state index is -0.401. The molecular weight excluding hydrogens is 179 g/mol. The second-order valence-corrected chi connectivity index (χ2v) is 2.83. The summed E-state index contributed by atoms with van der Waals surface area (Å²) in [5.41, 5.74) is 7.03. The number of aryl methyl sites for hydroxylation is 1. The Morgan fingerprint density at radius 1 is 1.50 bits per heavy atom. The van der Waals surface area contributed by atoms with E-state index in [1.165, 1.54) is 12.1 Å². The molecule has 0 aromatic heterocycles. The zero-order valence-electron chi connectivity index (χ0n) is 7.76. The minimum Gasteiger partial charge on any atom is -0.398 e. The van der Waals surface area contributed by atoms with Gasteiger partial charge in [0, 0.05) is 5.69 Å². The molecule has 1 aromatic rings. The lowest BCUT2D eigenvalue weighted by atomic mass is 10.1. The Labute approximate surface area is 82.2 Å². The van der Waals surface area contributed by atoms with E-state index < -0.39 is 5.82 Å². The predicted octanol–water partition coefficient (Wildman–Crippen LogP) is 1.98. The van der Waals surface area contributed by atoms with Gasteiger partial charge in [-0.1, -0.05) is 11.8 Å². The number of hydrogen-bond acceptors (Lipinski definition) is 2. The van der Waals surface area contributed by atoms with Crippen molar-refractivity contribution >= 4 is 5.69 Å². The van der Waals surface area contributed by atoms with Gasteiger partial charge in [-0.25, -0.2) is 4.39 Å². The third-order valence-electron chi connectivity index (χ3n) is 1.75. The number of hydrogen-bond donors (Lipinski definition) is 1. The summed E-state index contributed by atoms with van der Waals surface area (Å²) in [5.74, 6) is 4.69. The lowest BCUT2D eigenvalue weighted by Gasteiger charge is -2.01. The molecule has 0 spiro atoms. The van der Waals surface area contributed by atoms with Gasteiger partial charge in [0.1, 0.15) is 5.82 Å². The zero-order valence-corrected chi connectivity index (χ0v) is 7.76. The molecule has 0 radical (unpaired) electrons. The van der Waals surface area contributed by atoms with Crippen molar-refractivity contribution in [1.82, 2.24) is 0 Å². The molecule has 2 N–H and O–H groups in total. The van der Waals surface area contributed by atoms with Gasteiger partial charge >= 0.3 is 0 Å². The van der Waals surface area contributed by atoms with E-state index in [2.05, 4.69) is 11.8 Å². The van der Waals surface area contributed by atoms with E-state index in [1.807, 2.05) is 6.07 Å². The molecule has 0 aliphatic carbocycles. The first-order chi connectivity index (χ1) is 6.65. The monoisotopic (exact) mass is 188 g/mol. The van der Waals surface area contributed by atoms with Gasteiger partial charge in [0.05, 0.1) is 18.1 Å². The average Bonchev–Trinajstić information content (AvgIpc) is 2.14. The van der Waals surface area contributed by atoms with E-state index in [0.717, 1.165) is 0 Å². The Balaban J connectivity index is 3.07. The molecule has 0 fully saturated rings. The summed E-state index contributed by atoms with van der Waals surface area (Å²) in [5, 5.41) is 8.24. The Hall–Kier alpha value is -2.00. The summed E-state index contributed by atoms with van der Waals surface area (Å²) < 4.78 is 13.2. The Morgan fingerprint density at radius 2 is 2.21 bits per heavy atom. The van der Waals surface area contributed by atoms with Crippen molar-refractivity contribution in [3.8, 4) is 17.9 Å². The highest BCUT2D eigenvalue weighted by molar-refractivity contribution is 5.53. The average molecular weight is 188 g/mol. The van der Waals surface area contributed by atoms with Crippen LogP contribution in [0.3, 0.4) is 0 Å². The quantitative estimate of drug-likeness (QED) is 0.500. The fourth-order valence-electron chi connectivity index (χ4n) is 0.964. The summed E-state index contributed by atoms with van der Waals surface area (Å²) >= 11 is 0. The molecule has 0 atom stereocenters. The van der Waals surface area contributed by atoms with Crippen LogP contribution in [0.1, 0.15) is 17.5 Å². The molecule has 0 saturated carbocycles. The number of rotatable bonds is 0. The van der Waals surface area contributed by atoms with E-state index in [9.17, 15) is 4.39 Å². The van der Waals surface area contributed by atoms with E-state index in [-0.39, 0.29) is 12.0 Å². The van der Waals surface area contributed by atoms with Gasteiger partial charge in [-0.2, -0.15) is 5.26 Å². The smallest absolute Gasteiger partial charge is 0.139 e. The van der Waals surface area contributed by atoms with Crippen LogP contribution in [-0.2, 0) is 0 Å². The molecule has 70 valence electrons.